The number of primary amides is 1. The van der Waals surface area contributed by atoms with Crippen molar-refractivity contribution in [3.05, 3.63) is 108 Å². The maximum absolute atomic E-state index is 14.0. The van der Waals surface area contributed by atoms with Crippen molar-refractivity contribution in [1.82, 2.24) is 26.6 Å². The first-order valence-electron chi connectivity index (χ1n) is 17.8. The van der Waals surface area contributed by atoms with Crippen LogP contribution in [-0.2, 0) is 41.6 Å². The van der Waals surface area contributed by atoms with E-state index in [1.165, 1.54) is 6.92 Å². The molecule has 13 heteroatoms. The molecule has 0 aromatic heterocycles. The molecule has 6 atom stereocenters. The molecule has 0 aliphatic heterocycles. The van der Waals surface area contributed by atoms with Gasteiger partial charge in [0, 0.05) is 12.8 Å². The Balaban J connectivity index is 1.84. The summed E-state index contributed by atoms with van der Waals surface area (Å²) in [5, 5.41) is 24.1. The van der Waals surface area contributed by atoms with E-state index in [2.05, 4.69) is 26.6 Å². The molecule has 8 N–H and O–H groups in total. The van der Waals surface area contributed by atoms with Gasteiger partial charge in [-0.1, -0.05) is 119 Å². The van der Waals surface area contributed by atoms with Gasteiger partial charge in [0.1, 0.15) is 30.2 Å². The summed E-state index contributed by atoms with van der Waals surface area (Å²) < 4.78 is 0. The fourth-order valence-corrected chi connectivity index (χ4v) is 5.57. The lowest BCUT2D eigenvalue weighted by Crippen LogP contribution is -2.60. The SMILES string of the molecule is CC(C)C[C@@H](NC(=O)C(O)c1ccccc1)C(=O)N[C@@H](C(=O)N[C@H](Cc1ccccc1)C(=O)N[C@H](Cc1ccccc1)C(=O)N[C@H](C)C(N)=O)C(C)C. The van der Waals surface area contributed by atoms with Gasteiger partial charge >= 0.3 is 0 Å². The minimum absolute atomic E-state index is 0.0304. The number of carbonyl (C=O) groups is 6. The highest BCUT2D eigenvalue weighted by Crippen LogP contribution is 2.15. The minimum atomic E-state index is -1.51. The molecular weight excluding hydrogens is 676 g/mol. The van der Waals surface area contributed by atoms with Gasteiger partial charge in [-0.05, 0) is 41.9 Å². The standard InChI is InChI=1S/C40H52N6O7/c1-24(2)21-30(45-40(53)34(47)29-19-13-8-14-20-29)38(51)46-33(25(3)4)39(52)44-32(23-28-17-11-7-12-18-28)37(50)43-31(22-27-15-9-6-10-16-27)36(49)42-26(5)35(41)48/h6-20,24-26,30-34,47H,21-23H2,1-5H3,(H2,41,48)(H,42,49)(H,43,50)(H,44,52)(H,45,53)(H,46,51)/t26-,30-,31-,32-,33-,34?/m1/s1. The van der Waals surface area contributed by atoms with E-state index in [0.29, 0.717) is 5.56 Å². The van der Waals surface area contributed by atoms with Crippen molar-refractivity contribution >= 4 is 35.4 Å². The Morgan fingerprint density at radius 3 is 1.42 bits per heavy atom. The zero-order chi connectivity index (χ0) is 39.1. The van der Waals surface area contributed by atoms with Crippen LogP contribution in [0.2, 0.25) is 0 Å². The van der Waals surface area contributed by atoms with Crippen molar-refractivity contribution in [2.24, 2.45) is 17.6 Å². The minimum Gasteiger partial charge on any atom is -0.378 e. The zero-order valence-corrected chi connectivity index (χ0v) is 30.9. The summed E-state index contributed by atoms with van der Waals surface area (Å²) in [7, 11) is 0. The molecule has 13 nitrogen and oxygen atoms in total. The molecule has 284 valence electrons. The number of amides is 6. The van der Waals surface area contributed by atoms with Crippen molar-refractivity contribution in [3.63, 3.8) is 0 Å². The lowest BCUT2D eigenvalue weighted by atomic mass is 9.98. The van der Waals surface area contributed by atoms with Crippen LogP contribution in [0.4, 0.5) is 0 Å². The molecule has 0 fully saturated rings. The van der Waals surface area contributed by atoms with E-state index in [-0.39, 0.29) is 25.2 Å². The Kier molecular flexibility index (Phi) is 16.2. The van der Waals surface area contributed by atoms with E-state index in [1.807, 2.05) is 26.0 Å². The summed E-state index contributed by atoms with van der Waals surface area (Å²) >= 11 is 0. The van der Waals surface area contributed by atoms with Gasteiger partial charge in [0.15, 0.2) is 6.10 Å². The Morgan fingerprint density at radius 1 is 0.547 bits per heavy atom. The first-order chi connectivity index (χ1) is 25.2. The maximum atomic E-state index is 14.0. The van der Waals surface area contributed by atoms with Crippen LogP contribution >= 0.6 is 0 Å². The Bertz CT molecular complexity index is 1670. The molecule has 0 saturated heterocycles. The fraction of sp³-hybridized carbons (Fsp3) is 0.400. The molecule has 1 unspecified atom stereocenters. The number of nitrogens with one attached hydrogen (secondary N) is 5. The second kappa shape index (κ2) is 20.5. The highest BCUT2D eigenvalue weighted by Gasteiger charge is 2.34. The van der Waals surface area contributed by atoms with Crippen molar-refractivity contribution in [2.45, 2.75) is 90.2 Å². The van der Waals surface area contributed by atoms with Crippen LogP contribution < -0.4 is 32.3 Å². The number of nitrogens with two attached hydrogens (primary N) is 1. The van der Waals surface area contributed by atoms with E-state index in [9.17, 15) is 33.9 Å². The number of hydrogen-bond donors (Lipinski definition) is 7. The summed E-state index contributed by atoms with van der Waals surface area (Å²) in [6.07, 6.45) is -1.14. The molecule has 0 aliphatic carbocycles. The number of hydrogen-bond acceptors (Lipinski definition) is 7. The molecule has 0 heterocycles. The molecule has 0 radical (unpaired) electrons. The van der Waals surface area contributed by atoms with Gasteiger partial charge in [0.2, 0.25) is 29.5 Å². The second-order valence-electron chi connectivity index (χ2n) is 13.9. The van der Waals surface area contributed by atoms with E-state index in [1.54, 1.807) is 92.7 Å². The van der Waals surface area contributed by atoms with Crippen LogP contribution in [0.3, 0.4) is 0 Å². The van der Waals surface area contributed by atoms with Crippen LogP contribution in [0.1, 0.15) is 63.8 Å². The molecular formula is C40H52N6O7. The number of aliphatic hydroxyl groups is 1. The molecule has 0 aliphatic rings. The molecule has 53 heavy (non-hydrogen) atoms. The van der Waals surface area contributed by atoms with Crippen molar-refractivity contribution in [2.75, 3.05) is 0 Å². The van der Waals surface area contributed by atoms with Gasteiger partial charge in [0.25, 0.3) is 5.91 Å². The molecule has 6 amide bonds. The Morgan fingerprint density at radius 2 is 0.962 bits per heavy atom. The predicted octanol–water partition coefficient (Wildman–Crippen LogP) is 1.84. The van der Waals surface area contributed by atoms with Gasteiger partial charge in [-0.3, -0.25) is 28.8 Å². The van der Waals surface area contributed by atoms with Crippen LogP contribution in [0, 0.1) is 11.8 Å². The van der Waals surface area contributed by atoms with Gasteiger partial charge in [-0.15, -0.1) is 0 Å². The van der Waals surface area contributed by atoms with Crippen molar-refractivity contribution in [1.29, 1.82) is 0 Å². The van der Waals surface area contributed by atoms with E-state index in [4.69, 9.17) is 5.73 Å². The number of rotatable bonds is 19. The molecule has 0 saturated carbocycles. The third-order valence-corrected chi connectivity index (χ3v) is 8.57. The fourth-order valence-electron chi connectivity index (χ4n) is 5.57. The molecule has 3 aromatic carbocycles. The highest BCUT2D eigenvalue weighted by atomic mass is 16.3. The molecule has 3 aromatic rings. The maximum Gasteiger partial charge on any atom is 0.254 e. The highest BCUT2D eigenvalue weighted by molar-refractivity contribution is 5.96. The molecule has 0 spiro atoms. The van der Waals surface area contributed by atoms with Crippen LogP contribution in [-0.4, -0.2) is 70.8 Å². The average Bonchev–Trinajstić information content (AvgIpc) is 3.13. The molecule has 3 rings (SSSR count). The van der Waals surface area contributed by atoms with E-state index in [0.717, 1.165) is 11.1 Å². The lowest BCUT2D eigenvalue weighted by Gasteiger charge is -2.29. The molecule has 0 bridgehead atoms. The summed E-state index contributed by atoms with van der Waals surface area (Å²) in [4.78, 5) is 79.7. The quantitative estimate of drug-likeness (QED) is 0.0974. The first-order valence-corrected chi connectivity index (χ1v) is 17.8. The number of carbonyl (C=O) groups excluding carboxylic acids is 6. The van der Waals surface area contributed by atoms with Crippen LogP contribution in [0.25, 0.3) is 0 Å². The lowest BCUT2D eigenvalue weighted by molar-refractivity contribution is -0.137. The summed E-state index contributed by atoms with van der Waals surface area (Å²) in [5.74, 6) is -4.58. The van der Waals surface area contributed by atoms with Gasteiger partial charge < -0.3 is 37.4 Å². The van der Waals surface area contributed by atoms with Crippen molar-refractivity contribution < 1.29 is 33.9 Å². The van der Waals surface area contributed by atoms with Gasteiger partial charge in [0.05, 0.1) is 0 Å². The van der Waals surface area contributed by atoms with Crippen molar-refractivity contribution in [3.8, 4) is 0 Å². The topological polar surface area (TPSA) is 209 Å². The normalized spacial score (nSPS) is 14.5. The number of benzene rings is 3. The van der Waals surface area contributed by atoms with E-state index >= 15 is 0 Å². The third kappa shape index (κ3) is 13.5. The van der Waals surface area contributed by atoms with Crippen LogP contribution in [0.5, 0.6) is 0 Å². The number of aliphatic hydroxyl groups excluding tert-OH is 1. The second-order valence-corrected chi connectivity index (χ2v) is 13.9. The first kappa shape index (κ1) is 41.9. The predicted molar refractivity (Wildman–Crippen MR) is 201 cm³/mol. The summed E-state index contributed by atoms with van der Waals surface area (Å²) in [6.45, 7) is 8.64. The zero-order valence-electron chi connectivity index (χ0n) is 30.9. The Labute approximate surface area is 310 Å². The van der Waals surface area contributed by atoms with Gasteiger partial charge in [-0.25, -0.2) is 0 Å². The smallest absolute Gasteiger partial charge is 0.254 e. The van der Waals surface area contributed by atoms with Gasteiger partial charge in [-0.2, -0.15) is 0 Å². The largest absolute Gasteiger partial charge is 0.378 e. The summed E-state index contributed by atoms with van der Waals surface area (Å²) in [6, 6.07) is 20.8. The monoisotopic (exact) mass is 728 g/mol. The van der Waals surface area contributed by atoms with Crippen LogP contribution in [0.15, 0.2) is 91.0 Å². The third-order valence-electron chi connectivity index (χ3n) is 8.57. The van der Waals surface area contributed by atoms with E-state index < -0.39 is 77.7 Å². The average molecular weight is 729 g/mol. The summed E-state index contributed by atoms with van der Waals surface area (Å²) in [5.41, 5.74) is 7.19. The Hall–Kier alpha value is -5.56.